The zero-order valence-electron chi connectivity index (χ0n) is 21.7. The van der Waals surface area contributed by atoms with E-state index in [-0.39, 0.29) is 35.5 Å². The average molecular weight is 522 g/mol. The second-order valence-corrected chi connectivity index (χ2v) is 9.23. The number of nitrogens with zero attached hydrogens (tertiary/aromatic N) is 3. The molecule has 0 fully saturated rings. The van der Waals surface area contributed by atoms with Crippen LogP contribution < -0.4 is 20.9 Å². The fourth-order valence-electron chi connectivity index (χ4n) is 3.67. The van der Waals surface area contributed by atoms with Gasteiger partial charge in [-0.05, 0) is 39.3 Å². The number of hydrogen-bond acceptors (Lipinski definition) is 7. The van der Waals surface area contributed by atoms with Crippen LogP contribution in [0.2, 0.25) is 0 Å². The van der Waals surface area contributed by atoms with Gasteiger partial charge >= 0.3 is 0 Å². The first-order valence-corrected chi connectivity index (χ1v) is 11.7. The van der Waals surface area contributed by atoms with Crippen LogP contribution in [0.3, 0.4) is 0 Å². The number of nitriles is 1. The third kappa shape index (κ3) is 5.64. The number of pyridine rings is 2. The fourth-order valence-corrected chi connectivity index (χ4v) is 3.67. The summed E-state index contributed by atoms with van der Waals surface area (Å²) in [6, 6.07) is 2.08. The van der Waals surface area contributed by atoms with Crippen molar-refractivity contribution in [2.45, 2.75) is 34.1 Å². The summed E-state index contributed by atoms with van der Waals surface area (Å²) in [6.45, 7) is 6.40. The zero-order chi connectivity index (χ0) is 28.2. The highest BCUT2D eigenvalue weighted by Gasteiger charge is 2.31. The van der Waals surface area contributed by atoms with Gasteiger partial charge in [0.15, 0.2) is 11.5 Å². The van der Waals surface area contributed by atoms with E-state index in [2.05, 4.69) is 21.7 Å². The van der Waals surface area contributed by atoms with E-state index >= 15 is 0 Å². The summed E-state index contributed by atoms with van der Waals surface area (Å²) in [5, 5.41) is 25.0. The number of rotatable bonds is 8. The third-order valence-electron chi connectivity index (χ3n) is 5.65. The van der Waals surface area contributed by atoms with Crippen LogP contribution >= 0.6 is 0 Å². The van der Waals surface area contributed by atoms with E-state index in [1.54, 1.807) is 39.0 Å². The molecule has 0 radical (unpaired) electrons. The molecule has 3 N–H and O–H groups in total. The van der Waals surface area contributed by atoms with Gasteiger partial charge in [-0.3, -0.25) is 23.9 Å². The van der Waals surface area contributed by atoms with Crippen molar-refractivity contribution < 1.29 is 23.8 Å². The number of amides is 2. The first kappa shape index (κ1) is 27.9. The Morgan fingerprint density at radius 1 is 1.32 bits per heavy atom. The van der Waals surface area contributed by atoms with Gasteiger partial charge in [-0.25, -0.2) is 4.39 Å². The van der Waals surface area contributed by atoms with Crippen LogP contribution in [-0.2, 0) is 11.2 Å². The van der Waals surface area contributed by atoms with Crippen LogP contribution in [0.5, 0.6) is 11.5 Å². The van der Waals surface area contributed by atoms with Crippen LogP contribution in [-0.4, -0.2) is 40.1 Å². The third-order valence-corrected chi connectivity index (χ3v) is 5.65. The predicted molar refractivity (Wildman–Crippen MR) is 140 cm³/mol. The van der Waals surface area contributed by atoms with Crippen molar-refractivity contribution in [3.8, 4) is 17.6 Å². The van der Waals surface area contributed by atoms with Gasteiger partial charge in [0, 0.05) is 31.8 Å². The monoisotopic (exact) mass is 521 g/mol. The van der Waals surface area contributed by atoms with Crippen LogP contribution in [0.15, 0.2) is 52.5 Å². The maximum atomic E-state index is 13.4. The molecule has 10 nitrogen and oxygen atoms in total. The highest BCUT2D eigenvalue weighted by atomic mass is 19.1. The molecule has 0 aliphatic carbocycles. The number of hydrogen-bond donors (Lipinski definition) is 3. The van der Waals surface area contributed by atoms with Gasteiger partial charge in [-0.15, -0.1) is 0 Å². The van der Waals surface area contributed by atoms with Crippen molar-refractivity contribution in [3.63, 3.8) is 0 Å². The highest BCUT2D eigenvalue weighted by Crippen LogP contribution is 2.38. The molecule has 0 unspecified atom stereocenters. The molecule has 38 heavy (non-hydrogen) atoms. The summed E-state index contributed by atoms with van der Waals surface area (Å²) in [4.78, 5) is 43.0. The number of halogens is 1. The smallest absolute Gasteiger partial charge is 0.288 e. The minimum atomic E-state index is -0.888. The van der Waals surface area contributed by atoms with E-state index in [1.807, 2.05) is 0 Å². The first-order chi connectivity index (χ1) is 17.9. The summed E-state index contributed by atoms with van der Waals surface area (Å²) in [7, 11) is 1.31. The molecule has 11 heteroatoms. The second kappa shape index (κ2) is 11.1. The first-order valence-electron chi connectivity index (χ1n) is 11.7. The average Bonchev–Trinajstić information content (AvgIpc) is 2.89. The molecule has 3 heterocycles. The summed E-state index contributed by atoms with van der Waals surface area (Å²) in [6.07, 6.45) is 9.07. The maximum absolute atomic E-state index is 13.4. The number of aromatic hydroxyl groups is 1. The lowest BCUT2D eigenvalue weighted by Gasteiger charge is -2.23. The van der Waals surface area contributed by atoms with Gasteiger partial charge in [-0.1, -0.05) is 18.2 Å². The fraction of sp³-hybridized carbons (Fsp3) is 0.296. The van der Waals surface area contributed by atoms with E-state index in [4.69, 9.17) is 4.74 Å². The van der Waals surface area contributed by atoms with Gasteiger partial charge in [-0.2, -0.15) is 5.26 Å². The van der Waals surface area contributed by atoms with Crippen LogP contribution in [0, 0.1) is 16.7 Å². The molecular weight excluding hydrogens is 493 g/mol. The standard InChI is InChI=1S/C27H28FN5O5/c1-6-7-16(9-8-15(2)28)10-17-11-31-20-21-23(17)38-18(24(35)32-14-27(3,4)13-29)12-33(21)26(37)19(22(20)34)25(36)30-5/h6-9,11-12,34H,10,14H2,1-5H3,(H,30,36)(H,32,35)/b7-6-,15-8+,16-9+. The molecule has 0 spiro atoms. The lowest BCUT2D eigenvalue weighted by molar-refractivity contribution is -0.119. The summed E-state index contributed by atoms with van der Waals surface area (Å²) >= 11 is 0. The van der Waals surface area contributed by atoms with Gasteiger partial charge in [0.2, 0.25) is 5.76 Å². The Morgan fingerprint density at radius 2 is 2.03 bits per heavy atom. The van der Waals surface area contributed by atoms with Crippen molar-refractivity contribution in [1.29, 1.82) is 5.26 Å². The van der Waals surface area contributed by atoms with Gasteiger partial charge < -0.3 is 20.5 Å². The number of ether oxygens (including phenoxy) is 1. The SMILES string of the molecule is C\C=C/C(=C\C=C(/C)F)Cc1cnc2c(O)c(C(=O)NC)c(=O)n3c2c1OC(C(=O)NCC(C)(C)C#N)=C3. The lowest BCUT2D eigenvalue weighted by atomic mass is 9.96. The van der Waals surface area contributed by atoms with Crippen molar-refractivity contribution in [2.75, 3.05) is 13.6 Å². The lowest BCUT2D eigenvalue weighted by Crippen LogP contribution is -2.37. The predicted octanol–water partition coefficient (Wildman–Crippen LogP) is 3.24. The minimum absolute atomic E-state index is 0.00552. The summed E-state index contributed by atoms with van der Waals surface area (Å²) < 4.78 is 20.4. The molecule has 2 aromatic rings. The molecule has 2 amide bonds. The second-order valence-electron chi connectivity index (χ2n) is 9.23. The van der Waals surface area contributed by atoms with E-state index in [0.717, 1.165) is 10.8 Å². The highest BCUT2D eigenvalue weighted by molar-refractivity contribution is 6.04. The van der Waals surface area contributed by atoms with Crippen molar-refractivity contribution in [3.05, 3.63) is 69.1 Å². The number of carbonyl (C=O) groups is 2. The molecule has 0 bridgehead atoms. The van der Waals surface area contributed by atoms with Gasteiger partial charge in [0.25, 0.3) is 17.4 Å². The van der Waals surface area contributed by atoms with E-state index in [9.17, 15) is 29.1 Å². The molecule has 1 aliphatic heterocycles. The zero-order valence-corrected chi connectivity index (χ0v) is 21.7. The molecule has 3 rings (SSSR count). The van der Waals surface area contributed by atoms with E-state index < -0.39 is 39.9 Å². The Balaban J connectivity index is 2.25. The van der Waals surface area contributed by atoms with Crippen molar-refractivity contribution in [2.24, 2.45) is 5.41 Å². The largest absolute Gasteiger partial charge is 0.505 e. The minimum Gasteiger partial charge on any atom is -0.505 e. The van der Waals surface area contributed by atoms with Crippen molar-refractivity contribution in [1.82, 2.24) is 20.2 Å². The van der Waals surface area contributed by atoms with Gasteiger partial charge in [0.05, 0.1) is 23.5 Å². The Hall–Kier alpha value is -4.72. The van der Waals surface area contributed by atoms with Crippen molar-refractivity contribution >= 4 is 29.0 Å². The quantitative estimate of drug-likeness (QED) is 0.452. The molecule has 0 aromatic carbocycles. The topological polar surface area (TPSA) is 146 Å². The Labute approximate surface area is 218 Å². The molecule has 0 saturated heterocycles. The molecule has 0 saturated carbocycles. The normalized spacial score (nSPS) is 13.7. The summed E-state index contributed by atoms with van der Waals surface area (Å²) in [5.41, 5.74) is -1.22. The summed E-state index contributed by atoms with van der Waals surface area (Å²) in [5.74, 6) is -2.77. The molecular formula is C27H28FN5O5. The Kier molecular flexibility index (Phi) is 8.16. The van der Waals surface area contributed by atoms with E-state index in [1.165, 1.54) is 26.2 Å². The van der Waals surface area contributed by atoms with Crippen LogP contribution in [0.1, 0.15) is 43.6 Å². The van der Waals surface area contributed by atoms with Gasteiger partial charge in [0.1, 0.15) is 16.6 Å². The molecule has 198 valence electrons. The number of nitrogens with one attached hydrogen (secondary N) is 2. The Bertz CT molecular complexity index is 1540. The molecule has 1 aliphatic rings. The molecule has 2 aromatic heterocycles. The maximum Gasteiger partial charge on any atom is 0.288 e. The van der Waals surface area contributed by atoms with Crippen LogP contribution in [0.25, 0.3) is 17.2 Å². The number of allylic oxidation sites excluding steroid dienone is 6. The molecule has 0 atom stereocenters. The van der Waals surface area contributed by atoms with Crippen LogP contribution in [0.4, 0.5) is 4.39 Å². The number of aromatic nitrogens is 2. The Morgan fingerprint density at radius 3 is 2.63 bits per heavy atom. The number of carbonyl (C=O) groups excluding carboxylic acids is 2. The van der Waals surface area contributed by atoms with E-state index in [0.29, 0.717) is 11.1 Å².